The number of nitrogens with zero attached hydrogens (tertiary/aromatic N) is 4. The lowest BCUT2D eigenvalue weighted by atomic mass is 9.97. The molecule has 24 heavy (non-hydrogen) atoms. The van der Waals surface area contributed by atoms with Crippen LogP contribution in [0.2, 0.25) is 0 Å². The van der Waals surface area contributed by atoms with E-state index in [-0.39, 0.29) is 11.9 Å². The molecule has 0 radical (unpaired) electrons. The quantitative estimate of drug-likeness (QED) is 0.786. The van der Waals surface area contributed by atoms with Gasteiger partial charge in [-0.2, -0.15) is 4.52 Å². The van der Waals surface area contributed by atoms with Gasteiger partial charge in [0.05, 0.1) is 4.88 Å². The van der Waals surface area contributed by atoms with Crippen molar-refractivity contribution in [3.05, 3.63) is 34.4 Å². The summed E-state index contributed by atoms with van der Waals surface area (Å²) in [5, 5.41) is 15.0. The average Bonchev–Trinajstić information content (AvgIpc) is 3.18. The first-order chi connectivity index (χ1) is 11.5. The number of hydrogen-bond donors (Lipinski definition) is 1. The van der Waals surface area contributed by atoms with Gasteiger partial charge in [0.25, 0.3) is 0 Å². The van der Waals surface area contributed by atoms with Crippen molar-refractivity contribution in [2.24, 2.45) is 5.92 Å². The molecule has 4 heterocycles. The average molecular weight is 346 g/mol. The zero-order valence-corrected chi connectivity index (χ0v) is 15.0. The first-order valence-electron chi connectivity index (χ1n) is 8.38. The number of thiazole rings is 1. The Balaban J connectivity index is 1.81. The number of hydrogen-bond acceptors (Lipinski definition) is 6. The van der Waals surface area contributed by atoms with Crippen molar-refractivity contribution < 1.29 is 9.52 Å². The predicted molar refractivity (Wildman–Crippen MR) is 92.5 cm³/mol. The van der Waals surface area contributed by atoms with E-state index in [1.54, 1.807) is 0 Å². The van der Waals surface area contributed by atoms with Gasteiger partial charge in [-0.15, -0.1) is 5.10 Å². The highest BCUT2D eigenvalue weighted by Crippen LogP contribution is 2.41. The van der Waals surface area contributed by atoms with Crippen molar-refractivity contribution in [2.45, 2.75) is 39.7 Å². The molecule has 1 aliphatic heterocycles. The summed E-state index contributed by atoms with van der Waals surface area (Å²) in [5.74, 6) is 3.24. The molecule has 0 spiro atoms. The second-order valence-electron chi connectivity index (χ2n) is 6.74. The van der Waals surface area contributed by atoms with Gasteiger partial charge in [-0.05, 0) is 51.3 Å². The van der Waals surface area contributed by atoms with Crippen molar-refractivity contribution in [2.75, 3.05) is 13.1 Å². The number of rotatable bonds is 3. The monoisotopic (exact) mass is 346 g/mol. The fourth-order valence-electron chi connectivity index (χ4n) is 3.56. The maximum Gasteiger partial charge on any atom is 0.230 e. The Morgan fingerprint density at radius 3 is 2.88 bits per heavy atom. The third-order valence-corrected chi connectivity index (χ3v) is 5.71. The van der Waals surface area contributed by atoms with E-state index in [4.69, 9.17) is 4.42 Å². The van der Waals surface area contributed by atoms with E-state index in [0.717, 1.165) is 40.9 Å². The van der Waals surface area contributed by atoms with Crippen molar-refractivity contribution >= 4 is 16.3 Å². The SMILES string of the molecule is Cc1nc2sc([C@H](c3ccc(C)o3)N3CCC[C@H](C)C3)c(O)n2n1. The van der Waals surface area contributed by atoms with Crippen molar-refractivity contribution in [1.29, 1.82) is 0 Å². The molecule has 0 aromatic carbocycles. The van der Waals surface area contributed by atoms with Crippen molar-refractivity contribution in [1.82, 2.24) is 19.5 Å². The van der Waals surface area contributed by atoms with E-state index in [2.05, 4.69) is 21.9 Å². The van der Waals surface area contributed by atoms with Crippen LogP contribution in [0.4, 0.5) is 0 Å². The van der Waals surface area contributed by atoms with Gasteiger partial charge in [-0.25, -0.2) is 4.98 Å². The molecule has 1 aliphatic rings. The second kappa shape index (κ2) is 5.89. The van der Waals surface area contributed by atoms with Crippen LogP contribution in [0.5, 0.6) is 5.88 Å². The van der Waals surface area contributed by atoms with Crippen molar-refractivity contribution in [3.63, 3.8) is 0 Å². The Hall–Kier alpha value is -1.86. The number of aromatic nitrogens is 3. The molecule has 1 N–H and O–H groups in total. The predicted octanol–water partition coefficient (Wildman–Crippen LogP) is 3.53. The number of furan rings is 1. The zero-order chi connectivity index (χ0) is 16.8. The van der Waals surface area contributed by atoms with Gasteiger partial charge in [-0.1, -0.05) is 18.3 Å². The summed E-state index contributed by atoms with van der Waals surface area (Å²) in [4.78, 5) is 8.38. The van der Waals surface area contributed by atoms with Gasteiger partial charge in [0.1, 0.15) is 23.4 Å². The Morgan fingerprint density at radius 2 is 2.21 bits per heavy atom. The van der Waals surface area contributed by atoms with Crippen LogP contribution < -0.4 is 0 Å². The van der Waals surface area contributed by atoms with Gasteiger partial charge in [0, 0.05) is 6.54 Å². The maximum absolute atomic E-state index is 10.7. The highest BCUT2D eigenvalue weighted by atomic mass is 32.1. The zero-order valence-electron chi connectivity index (χ0n) is 14.2. The molecule has 0 saturated carbocycles. The van der Waals surface area contributed by atoms with E-state index >= 15 is 0 Å². The van der Waals surface area contributed by atoms with Crippen LogP contribution in [0.1, 0.15) is 48.0 Å². The van der Waals surface area contributed by atoms with Crippen LogP contribution in [-0.4, -0.2) is 37.7 Å². The first-order valence-corrected chi connectivity index (χ1v) is 9.20. The van der Waals surface area contributed by atoms with E-state index < -0.39 is 0 Å². The normalized spacial score (nSPS) is 20.7. The van der Waals surface area contributed by atoms with Gasteiger partial charge in [0.2, 0.25) is 10.8 Å². The molecule has 0 aliphatic carbocycles. The number of aryl methyl sites for hydroxylation is 2. The third kappa shape index (κ3) is 2.61. The molecule has 128 valence electrons. The molecular formula is C17H22N4O2S. The summed E-state index contributed by atoms with van der Waals surface area (Å²) in [6.45, 7) is 8.06. The molecule has 2 atom stereocenters. The Labute approximate surface area is 144 Å². The molecule has 3 aromatic rings. The number of fused-ring (bicyclic) bond motifs is 1. The van der Waals surface area contributed by atoms with E-state index in [0.29, 0.717) is 11.7 Å². The van der Waals surface area contributed by atoms with Gasteiger partial charge in [-0.3, -0.25) is 4.90 Å². The molecule has 0 unspecified atom stereocenters. The van der Waals surface area contributed by atoms with Gasteiger partial charge in [0.15, 0.2) is 0 Å². The van der Waals surface area contributed by atoms with Crippen LogP contribution >= 0.6 is 11.3 Å². The number of aromatic hydroxyl groups is 1. The minimum Gasteiger partial charge on any atom is -0.492 e. The highest BCUT2D eigenvalue weighted by Gasteiger charge is 2.33. The molecule has 7 heteroatoms. The van der Waals surface area contributed by atoms with E-state index in [1.807, 2.05) is 26.0 Å². The molecule has 1 saturated heterocycles. The third-order valence-electron chi connectivity index (χ3n) is 4.64. The van der Waals surface area contributed by atoms with E-state index in [1.165, 1.54) is 22.3 Å². The number of likely N-dealkylation sites (tertiary alicyclic amines) is 1. The summed E-state index contributed by atoms with van der Waals surface area (Å²) < 4.78 is 7.48. The highest BCUT2D eigenvalue weighted by molar-refractivity contribution is 7.17. The smallest absolute Gasteiger partial charge is 0.230 e. The lowest BCUT2D eigenvalue weighted by Gasteiger charge is -2.35. The lowest BCUT2D eigenvalue weighted by molar-refractivity contribution is 0.135. The second-order valence-corrected chi connectivity index (χ2v) is 7.75. The lowest BCUT2D eigenvalue weighted by Crippen LogP contribution is -2.37. The van der Waals surface area contributed by atoms with Crippen molar-refractivity contribution in [3.8, 4) is 5.88 Å². The Bertz CT molecular complexity index is 865. The first kappa shape index (κ1) is 15.7. The van der Waals surface area contributed by atoms with Crippen LogP contribution in [0, 0.1) is 19.8 Å². The summed E-state index contributed by atoms with van der Waals surface area (Å²) in [5.41, 5.74) is 0. The number of piperidine rings is 1. The minimum atomic E-state index is -0.0877. The molecule has 3 aromatic heterocycles. The van der Waals surface area contributed by atoms with Crippen LogP contribution in [0.15, 0.2) is 16.5 Å². The summed E-state index contributed by atoms with van der Waals surface area (Å²) in [7, 11) is 0. The molecule has 4 rings (SSSR count). The molecule has 0 amide bonds. The van der Waals surface area contributed by atoms with Crippen LogP contribution in [0.25, 0.3) is 4.96 Å². The van der Waals surface area contributed by atoms with E-state index in [9.17, 15) is 5.11 Å². The molecule has 6 nitrogen and oxygen atoms in total. The Kier molecular flexibility index (Phi) is 3.85. The standard InChI is InChI=1S/C17H22N4O2S/c1-10-5-4-8-20(9-10)14(13-7-6-11(2)23-13)15-16(22)21-17(24-15)18-12(3)19-21/h6-7,10,14,22H,4-5,8-9H2,1-3H3/t10-,14-/m0/s1. The largest absolute Gasteiger partial charge is 0.492 e. The van der Waals surface area contributed by atoms with Gasteiger partial charge < -0.3 is 9.52 Å². The fourth-order valence-corrected chi connectivity index (χ4v) is 4.70. The molecular weight excluding hydrogens is 324 g/mol. The fraction of sp³-hybridized carbons (Fsp3) is 0.529. The maximum atomic E-state index is 10.7. The minimum absolute atomic E-state index is 0.0877. The van der Waals surface area contributed by atoms with Gasteiger partial charge >= 0.3 is 0 Å². The Morgan fingerprint density at radius 1 is 1.38 bits per heavy atom. The molecule has 1 fully saturated rings. The topological polar surface area (TPSA) is 66.8 Å². The van der Waals surface area contributed by atoms with Crippen LogP contribution in [-0.2, 0) is 0 Å². The summed E-state index contributed by atoms with van der Waals surface area (Å²) in [6, 6.07) is 3.91. The summed E-state index contributed by atoms with van der Waals surface area (Å²) >= 11 is 1.49. The summed E-state index contributed by atoms with van der Waals surface area (Å²) in [6.07, 6.45) is 2.42. The van der Waals surface area contributed by atoms with Crippen LogP contribution in [0.3, 0.4) is 0 Å². The molecule has 0 bridgehead atoms.